The molecule has 4 amide bonds. The van der Waals surface area contributed by atoms with E-state index in [-0.39, 0.29) is 42.6 Å². The molecule has 2 heterocycles. The summed E-state index contributed by atoms with van der Waals surface area (Å²) in [5.74, 6) is -4.07. The van der Waals surface area contributed by atoms with Crippen LogP contribution < -0.4 is 20.4 Å². The van der Waals surface area contributed by atoms with Crippen LogP contribution in [0.25, 0.3) is 0 Å². The third-order valence-corrected chi connectivity index (χ3v) is 8.05. The Balaban J connectivity index is 1.43. The molecule has 12 nitrogen and oxygen atoms in total. The number of hydrogen-bond donors (Lipinski definition) is 3. The lowest BCUT2D eigenvalue weighted by atomic mass is 9.94. The van der Waals surface area contributed by atoms with Gasteiger partial charge in [-0.15, -0.1) is 0 Å². The number of para-hydroxylation sites is 2. The van der Waals surface area contributed by atoms with E-state index in [4.69, 9.17) is 4.74 Å². The minimum absolute atomic E-state index is 0.0644. The first-order valence-corrected chi connectivity index (χ1v) is 15.1. The number of nitrogens with one attached hydrogen (secondary N) is 2. The fourth-order valence-corrected chi connectivity index (χ4v) is 5.62. The zero-order valence-corrected chi connectivity index (χ0v) is 26.5. The van der Waals surface area contributed by atoms with E-state index in [1.54, 1.807) is 70.2 Å². The van der Waals surface area contributed by atoms with Gasteiger partial charge in [-0.3, -0.25) is 24.0 Å². The Morgan fingerprint density at radius 1 is 0.936 bits per heavy atom. The number of aliphatic hydroxyl groups excluding tert-OH is 1. The lowest BCUT2D eigenvalue weighted by molar-refractivity contribution is -0.140. The van der Waals surface area contributed by atoms with E-state index >= 15 is 0 Å². The molecule has 1 fully saturated rings. The first-order chi connectivity index (χ1) is 22.3. The number of carbonyl (C=O) groups excluding carboxylic acids is 6. The van der Waals surface area contributed by atoms with Gasteiger partial charge in [0.25, 0.3) is 5.91 Å². The number of aliphatic hydroxyl groups is 1. The van der Waals surface area contributed by atoms with E-state index in [1.165, 1.54) is 34.1 Å². The summed E-state index contributed by atoms with van der Waals surface area (Å²) in [6, 6.07) is 17.5. The molecule has 3 atom stereocenters. The quantitative estimate of drug-likeness (QED) is 0.201. The zero-order chi connectivity index (χ0) is 34.0. The second-order valence-electron chi connectivity index (χ2n) is 12.6. The molecule has 2 aliphatic rings. The Labute approximate surface area is 271 Å². The fraction of sp³-hybridized carbons (Fsp3) is 0.314. The van der Waals surface area contributed by atoms with Crippen molar-refractivity contribution in [2.75, 3.05) is 34.8 Å². The van der Waals surface area contributed by atoms with Crippen LogP contribution in [-0.2, 0) is 19.1 Å². The maximum absolute atomic E-state index is 14.2. The van der Waals surface area contributed by atoms with Crippen molar-refractivity contribution >= 4 is 52.4 Å². The van der Waals surface area contributed by atoms with Gasteiger partial charge in [-0.2, -0.15) is 0 Å². The largest absolute Gasteiger partial charge is 0.462 e. The molecule has 0 bridgehead atoms. The maximum Gasteiger partial charge on any atom is 0.319 e. The summed E-state index contributed by atoms with van der Waals surface area (Å²) in [5, 5.41) is 15.3. The van der Waals surface area contributed by atoms with Gasteiger partial charge in [-0.25, -0.2) is 4.79 Å². The van der Waals surface area contributed by atoms with Gasteiger partial charge in [0, 0.05) is 22.2 Å². The average Bonchev–Trinajstić information content (AvgIpc) is 3.32. The molecule has 3 N–H and O–H groups in total. The molecule has 244 valence electrons. The van der Waals surface area contributed by atoms with Gasteiger partial charge in [-0.05, 0) is 36.8 Å². The van der Waals surface area contributed by atoms with Crippen LogP contribution >= 0.6 is 0 Å². The van der Waals surface area contributed by atoms with E-state index < -0.39 is 47.2 Å². The first-order valence-electron chi connectivity index (χ1n) is 15.1. The topological polar surface area (TPSA) is 162 Å². The highest BCUT2D eigenvalue weighted by molar-refractivity contribution is 6.13. The molecule has 0 aliphatic carbocycles. The van der Waals surface area contributed by atoms with Crippen LogP contribution in [0.5, 0.6) is 0 Å². The maximum atomic E-state index is 14.2. The molecule has 47 heavy (non-hydrogen) atoms. The fourth-order valence-electron chi connectivity index (χ4n) is 5.62. The second kappa shape index (κ2) is 13.2. The van der Waals surface area contributed by atoms with Gasteiger partial charge in [0.15, 0.2) is 11.6 Å². The minimum Gasteiger partial charge on any atom is -0.462 e. The molecule has 0 spiro atoms. The van der Waals surface area contributed by atoms with Gasteiger partial charge >= 0.3 is 12.0 Å². The number of cyclic esters (lactones) is 1. The highest BCUT2D eigenvalue weighted by Crippen LogP contribution is 2.35. The van der Waals surface area contributed by atoms with Crippen molar-refractivity contribution in [3.63, 3.8) is 0 Å². The van der Waals surface area contributed by atoms with Crippen LogP contribution in [0, 0.1) is 18.3 Å². The van der Waals surface area contributed by atoms with Crippen LogP contribution in [0.2, 0.25) is 0 Å². The van der Waals surface area contributed by atoms with Crippen LogP contribution in [0.4, 0.5) is 21.9 Å². The molecule has 0 saturated carbocycles. The van der Waals surface area contributed by atoms with Gasteiger partial charge < -0.3 is 30.3 Å². The predicted octanol–water partition coefficient (Wildman–Crippen LogP) is 3.51. The summed E-state index contributed by atoms with van der Waals surface area (Å²) < 4.78 is 4.78. The van der Waals surface area contributed by atoms with E-state index in [1.807, 2.05) is 6.07 Å². The number of nitrogens with zero attached hydrogens (tertiary/aromatic N) is 2. The van der Waals surface area contributed by atoms with Crippen molar-refractivity contribution in [2.45, 2.75) is 39.8 Å². The Hall–Kier alpha value is -5.36. The number of anilines is 3. The van der Waals surface area contributed by atoms with E-state index in [0.29, 0.717) is 16.9 Å². The van der Waals surface area contributed by atoms with Crippen molar-refractivity contribution in [3.05, 3.63) is 89.5 Å². The third-order valence-electron chi connectivity index (χ3n) is 8.05. The number of ether oxygens (including phenoxy) is 1. The molecule has 1 saturated heterocycles. The standard InChI is InChI=1S/C35H36N4O8/c1-20-10-5-6-13-23(20)27(40)18-38-25-14-7-8-15-26(25)39(33(45)35(2,3)4)17-24(31(38)43)37-34(46)36-22-12-9-11-21(16-22)30(42)29-28(41)19-47-32(29)44/h5-16,24,28-29,41H,17-19H2,1-4H3,(H2,36,37,46). The van der Waals surface area contributed by atoms with E-state index in [0.717, 1.165) is 5.56 Å². The third kappa shape index (κ3) is 6.92. The minimum atomic E-state index is -1.37. The number of fused-ring (bicyclic) bond motifs is 1. The predicted molar refractivity (Wildman–Crippen MR) is 173 cm³/mol. The number of ketones is 2. The number of Topliss-reactive ketones (excluding diaryl/α,β-unsaturated/α-hetero) is 2. The van der Waals surface area contributed by atoms with Crippen molar-refractivity contribution in [2.24, 2.45) is 11.3 Å². The van der Waals surface area contributed by atoms with Gasteiger partial charge in [-0.1, -0.05) is 69.3 Å². The zero-order valence-electron chi connectivity index (χ0n) is 26.5. The second-order valence-corrected chi connectivity index (χ2v) is 12.6. The SMILES string of the molecule is Cc1ccccc1C(=O)CN1C(=O)C(NC(=O)Nc2cccc(C(=O)C3C(=O)OCC3O)c2)CN(C(=O)C(C)(C)C)c2ccccc21. The Morgan fingerprint density at radius 2 is 1.62 bits per heavy atom. The van der Waals surface area contributed by atoms with Gasteiger partial charge in [0.1, 0.15) is 24.7 Å². The van der Waals surface area contributed by atoms with Crippen molar-refractivity contribution in [1.29, 1.82) is 0 Å². The smallest absolute Gasteiger partial charge is 0.319 e. The van der Waals surface area contributed by atoms with Crippen LogP contribution in [0.15, 0.2) is 72.8 Å². The molecule has 12 heteroatoms. The number of carbonyl (C=O) groups is 6. The number of aryl methyl sites for hydroxylation is 1. The Bertz CT molecular complexity index is 1760. The molecule has 3 aromatic carbocycles. The lowest BCUT2D eigenvalue weighted by Gasteiger charge is -2.30. The monoisotopic (exact) mass is 640 g/mol. The summed E-state index contributed by atoms with van der Waals surface area (Å²) in [6.07, 6.45) is -1.28. The van der Waals surface area contributed by atoms with Crippen LogP contribution in [-0.4, -0.2) is 72.3 Å². The summed E-state index contributed by atoms with van der Waals surface area (Å²) in [7, 11) is 0. The summed E-state index contributed by atoms with van der Waals surface area (Å²) in [5.41, 5.74) is 1.35. The van der Waals surface area contributed by atoms with E-state index in [9.17, 15) is 33.9 Å². The Morgan fingerprint density at radius 3 is 2.28 bits per heavy atom. The number of rotatable bonds is 7. The molecule has 5 rings (SSSR count). The molecule has 0 aromatic heterocycles. The van der Waals surface area contributed by atoms with Crippen molar-refractivity contribution in [3.8, 4) is 0 Å². The molecule has 2 aliphatic heterocycles. The highest BCUT2D eigenvalue weighted by Gasteiger charge is 2.42. The van der Waals surface area contributed by atoms with Gasteiger partial charge in [0.2, 0.25) is 5.91 Å². The molecule has 3 unspecified atom stereocenters. The normalized spacial score (nSPS) is 19.4. The van der Waals surface area contributed by atoms with Gasteiger partial charge in [0.05, 0.1) is 24.5 Å². The molecular formula is C35H36N4O8. The molecule has 0 radical (unpaired) electrons. The lowest BCUT2D eigenvalue weighted by Crippen LogP contribution is -2.55. The number of hydrogen-bond acceptors (Lipinski definition) is 8. The number of benzene rings is 3. The number of amides is 4. The van der Waals surface area contributed by atoms with E-state index in [2.05, 4.69) is 10.6 Å². The summed E-state index contributed by atoms with van der Waals surface area (Å²) in [4.78, 5) is 82.5. The highest BCUT2D eigenvalue weighted by atomic mass is 16.6. The molecule has 3 aromatic rings. The van der Waals surface area contributed by atoms with Crippen LogP contribution in [0.1, 0.15) is 47.1 Å². The Kier molecular flexibility index (Phi) is 9.25. The van der Waals surface area contributed by atoms with Crippen molar-refractivity contribution < 1.29 is 38.6 Å². The number of esters is 1. The average molecular weight is 641 g/mol. The number of urea groups is 1. The summed E-state index contributed by atoms with van der Waals surface area (Å²) >= 11 is 0. The molecular weight excluding hydrogens is 604 g/mol. The van der Waals surface area contributed by atoms with Crippen LogP contribution in [0.3, 0.4) is 0 Å². The first kappa shape index (κ1) is 33.0. The summed E-state index contributed by atoms with van der Waals surface area (Å²) in [6.45, 7) is 6.21. The van der Waals surface area contributed by atoms with Crippen molar-refractivity contribution in [1.82, 2.24) is 5.32 Å².